The molecule has 0 saturated carbocycles. The van der Waals surface area contributed by atoms with Crippen molar-refractivity contribution in [3.63, 3.8) is 0 Å². The Morgan fingerprint density at radius 1 is 1.22 bits per heavy atom. The lowest BCUT2D eigenvalue weighted by Gasteiger charge is -2.34. The molecule has 2 aliphatic heterocycles. The summed E-state index contributed by atoms with van der Waals surface area (Å²) in [4.78, 5) is 47.1. The highest BCUT2D eigenvalue weighted by Gasteiger charge is 2.54. The van der Waals surface area contributed by atoms with Gasteiger partial charge in [0.05, 0.1) is 13.0 Å². The van der Waals surface area contributed by atoms with Crippen LogP contribution in [0.2, 0.25) is 0 Å². The molecule has 0 aliphatic carbocycles. The Kier molecular flexibility index (Phi) is 7.17. The van der Waals surface area contributed by atoms with E-state index in [0.717, 1.165) is 0 Å². The van der Waals surface area contributed by atoms with Crippen LogP contribution in [-0.4, -0.2) is 69.0 Å². The van der Waals surface area contributed by atoms with Gasteiger partial charge in [0.25, 0.3) is 0 Å². The van der Waals surface area contributed by atoms with Gasteiger partial charge in [0.2, 0.25) is 5.91 Å². The molecule has 0 aromatic heterocycles. The first-order valence-corrected chi connectivity index (χ1v) is 8.79. The number of hydrogen-bond acceptors (Lipinski definition) is 7. The third-order valence-electron chi connectivity index (χ3n) is 4.42. The third-order valence-corrected chi connectivity index (χ3v) is 4.42. The number of aliphatic carboxylic acids is 2. The van der Waals surface area contributed by atoms with Gasteiger partial charge < -0.3 is 24.8 Å². The quantitative estimate of drug-likeness (QED) is 0.258. The number of aliphatic hydroxyl groups is 1. The Labute approximate surface area is 155 Å². The Morgan fingerprint density at radius 3 is 2.52 bits per heavy atom. The molecule has 3 atom stereocenters. The molecular weight excluding hydrogens is 362 g/mol. The van der Waals surface area contributed by atoms with Gasteiger partial charge in [-0.15, -0.1) is 0 Å². The Hall–Kier alpha value is -2.62. The number of carbonyl (C=O) groups is 4. The number of aliphatic hydroxyl groups excluding tert-OH is 1. The Bertz CT molecular complexity index is 630. The van der Waals surface area contributed by atoms with E-state index in [1.165, 1.54) is 11.0 Å². The first kappa shape index (κ1) is 20.7. The minimum absolute atomic E-state index is 0.0595. The van der Waals surface area contributed by atoms with Gasteiger partial charge in [0.1, 0.15) is 5.76 Å². The van der Waals surface area contributed by atoms with Crippen molar-refractivity contribution in [3.05, 3.63) is 11.8 Å². The van der Waals surface area contributed by atoms with E-state index in [9.17, 15) is 24.3 Å². The molecule has 1 unspecified atom stereocenters. The molecule has 0 bridgehead atoms. The molecule has 10 nitrogen and oxygen atoms in total. The Morgan fingerprint density at radius 2 is 1.93 bits per heavy atom. The molecule has 0 spiro atoms. The van der Waals surface area contributed by atoms with Crippen LogP contribution in [0.3, 0.4) is 0 Å². The maximum atomic E-state index is 12.4. The van der Waals surface area contributed by atoms with Gasteiger partial charge in [-0.1, -0.05) is 12.8 Å². The van der Waals surface area contributed by atoms with E-state index in [1.54, 1.807) is 0 Å². The minimum atomic E-state index is -1.37. The topological polar surface area (TPSA) is 151 Å². The standard InChI is InChI=1S/C17H23NO9/c19-8-7-10-15(18-12(20)9-13(18)26-10)17(25)27-11(16(23)24)5-3-1-2-4-6-14(21)22/h7,11,13,15,19H,1-6,8-9H2,(H,21,22)(H,23,24)/b10-7-/t11?,13-,15-/m1/s1. The summed E-state index contributed by atoms with van der Waals surface area (Å²) in [5, 5.41) is 26.9. The van der Waals surface area contributed by atoms with Gasteiger partial charge in [0.15, 0.2) is 18.4 Å². The molecule has 2 saturated heterocycles. The number of carboxylic acid groups (broad SMARTS) is 2. The van der Waals surface area contributed by atoms with E-state index < -0.39 is 42.9 Å². The lowest BCUT2D eigenvalue weighted by molar-refractivity contribution is -0.173. The molecule has 2 heterocycles. The first-order chi connectivity index (χ1) is 12.8. The summed E-state index contributed by atoms with van der Waals surface area (Å²) in [6.07, 6.45) is 1.74. The fourth-order valence-corrected chi connectivity index (χ4v) is 3.05. The number of hydrogen-bond donors (Lipinski definition) is 3. The second-order valence-corrected chi connectivity index (χ2v) is 6.38. The number of rotatable bonds is 11. The number of amides is 1. The largest absolute Gasteiger partial charge is 0.481 e. The van der Waals surface area contributed by atoms with Crippen molar-refractivity contribution in [2.75, 3.05) is 6.61 Å². The van der Waals surface area contributed by atoms with Gasteiger partial charge in [-0.2, -0.15) is 0 Å². The average molecular weight is 385 g/mol. The van der Waals surface area contributed by atoms with Crippen LogP contribution in [0.4, 0.5) is 0 Å². The SMILES string of the molecule is O=C(O)CCCCCCC(OC(=O)[C@H]1/C(=C/CO)O[C@@H]2CC(=O)N21)C(=O)O. The monoisotopic (exact) mass is 385 g/mol. The number of carbonyl (C=O) groups excluding carboxylic acids is 2. The van der Waals surface area contributed by atoms with Gasteiger partial charge in [-0.3, -0.25) is 14.5 Å². The maximum Gasteiger partial charge on any atom is 0.345 e. The summed E-state index contributed by atoms with van der Waals surface area (Å²) in [5.41, 5.74) is 0. The van der Waals surface area contributed by atoms with E-state index in [1.807, 2.05) is 0 Å². The summed E-state index contributed by atoms with van der Waals surface area (Å²) in [6, 6.07) is -1.18. The molecule has 3 N–H and O–H groups in total. The summed E-state index contributed by atoms with van der Waals surface area (Å²) >= 11 is 0. The number of carboxylic acids is 2. The highest BCUT2D eigenvalue weighted by molar-refractivity contribution is 5.92. The van der Waals surface area contributed by atoms with Crippen molar-refractivity contribution in [1.82, 2.24) is 4.90 Å². The van der Waals surface area contributed by atoms with E-state index in [4.69, 9.17) is 19.7 Å². The fraction of sp³-hybridized carbons (Fsp3) is 0.647. The van der Waals surface area contributed by atoms with Crippen molar-refractivity contribution in [2.24, 2.45) is 0 Å². The molecule has 0 aromatic carbocycles. The van der Waals surface area contributed by atoms with Crippen LogP contribution < -0.4 is 0 Å². The van der Waals surface area contributed by atoms with E-state index in [-0.39, 0.29) is 30.9 Å². The van der Waals surface area contributed by atoms with Crippen LogP contribution in [0.5, 0.6) is 0 Å². The highest BCUT2D eigenvalue weighted by atomic mass is 16.6. The zero-order chi connectivity index (χ0) is 20.0. The second kappa shape index (κ2) is 9.36. The smallest absolute Gasteiger partial charge is 0.345 e. The van der Waals surface area contributed by atoms with Gasteiger partial charge in [0, 0.05) is 6.42 Å². The van der Waals surface area contributed by atoms with Gasteiger partial charge >= 0.3 is 17.9 Å². The van der Waals surface area contributed by atoms with E-state index >= 15 is 0 Å². The van der Waals surface area contributed by atoms with Crippen LogP contribution in [0.1, 0.15) is 44.9 Å². The predicted molar refractivity (Wildman–Crippen MR) is 88.1 cm³/mol. The zero-order valence-electron chi connectivity index (χ0n) is 14.7. The molecule has 150 valence electrons. The highest BCUT2D eigenvalue weighted by Crippen LogP contribution is 2.37. The summed E-state index contributed by atoms with van der Waals surface area (Å²) < 4.78 is 10.5. The van der Waals surface area contributed by atoms with E-state index in [2.05, 4.69) is 0 Å². The third kappa shape index (κ3) is 5.19. The summed E-state index contributed by atoms with van der Waals surface area (Å²) in [7, 11) is 0. The number of fused-ring (bicyclic) bond motifs is 1. The van der Waals surface area contributed by atoms with Crippen molar-refractivity contribution in [2.45, 2.75) is 63.3 Å². The molecule has 0 radical (unpaired) electrons. The molecular formula is C17H23NO9. The fourth-order valence-electron chi connectivity index (χ4n) is 3.05. The van der Waals surface area contributed by atoms with Crippen LogP contribution in [0.25, 0.3) is 0 Å². The number of ether oxygens (including phenoxy) is 2. The number of esters is 1. The second-order valence-electron chi connectivity index (χ2n) is 6.38. The van der Waals surface area contributed by atoms with Crippen LogP contribution in [0, 0.1) is 0 Å². The van der Waals surface area contributed by atoms with Crippen molar-refractivity contribution in [3.8, 4) is 0 Å². The number of nitrogens with zero attached hydrogens (tertiary/aromatic N) is 1. The molecule has 0 aromatic rings. The summed E-state index contributed by atoms with van der Waals surface area (Å²) in [6.45, 7) is -0.396. The van der Waals surface area contributed by atoms with Crippen molar-refractivity contribution < 1.29 is 44.0 Å². The molecule has 27 heavy (non-hydrogen) atoms. The molecule has 1 amide bonds. The van der Waals surface area contributed by atoms with Crippen molar-refractivity contribution >= 4 is 23.8 Å². The average Bonchev–Trinajstić information content (AvgIpc) is 2.88. The number of β-lactam (4-membered cyclic amide) rings is 1. The van der Waals surface area contributed by atoms with Gasteiger partial charge in [-0.05, 0) is 25.3 Å². The maximum absolute atomic E-state index is 12.4. The molecule has 10 heteroatoms. The van der Waals surface area contributed by atoms with Gasteiger partial charge in [-0.25, -0.2) is 9.59 Å². The zero-order valence-corrected chi connectivity index (χ0v) is 14.7. The lowest BCUT2D eigenvalue weighted by atomic mass is 10.1. The van der Waals surface area contributed by atoms with Crippen molar-refractivity contribution in [1.29, 1.82) is 0 Å². The predicted octanol–water partition coefficient (Wildman–Crippen LogP) is 0.241. The summed E-state index contributed by atoms with van der Waals surface area (Å²) in [5.74, 6) is -3.32. The normalized spacial score (nSPS) is 23.4. The molecule has 2 rings (SSSR count). The molecule has 2 fully saturated rings. The van der Waals surface area contributed by atoms with Crippen LogP contribution in [0.15, 0.2) is 11.8 Å². The van der Waals surface area contributed by atoms with Crippen LogP contribution >= 0.6 is 0 Å². The van der Waals surface area contributed by atoms with Crippen LogP contribution in [-0.2, 0) is 28.7 Å². The number of unbranched alkanes of at least 4 members (excludes halogenated alkanes) is 3. The first-order valence-electron chi connectivity index (χ1n) is 8.79. The minimum Gasteiger partial charge on any atom is -0.481 e. The van der Waals surface area contributed by atoms with E-state index in [0.29, 0.717) is 25.7 Å². The Balaban J connectivity index is 1.88. The lowest BCUT2D eigenvalue weighted by Crippen LogP contribution is -2.55. The molecule has 2 aliphatic rings.